The van der Waals surface area contributed by atoms with Crippen LogP contribution in [0.4, 0.5) is 4.39 Å². The fourth-order valence-electron chi connectivity index (χ4n) is 1.75. The third kappa shape index (κ3) is 6.15. The van der Waals surface area contributed by atoms with Gasteiger partial charge in [0.25, 0.3) is 0 Å². The van der Waals surface area contributed by atoms with Gasteiger partial charge in [0.2, 0.25) is 5.91 Å². The molecule has 3 nitrogen and oxygen atoms in total. The predicted octanol–water partition coefficient (Wildman–Crippen LogP) is 3.70. The summed E-state index contributed by atoms with van der Waals surface area (Å²) in [4.78, 5) is 11.7. The Morgan fingerprint density at radius 2 is 2.00 bits per heavy atom. The molecule has 1 heterocycles. The van der Waals surface area contributed by atoms with Gasteiger partial charge in [0.05, 0.1) is 17.8 Å². The predicted molar refractivity (Wildman–Crippen MR) is 90.4 cm³/mol. The monoisotopic (exact) mass is 339 g/mol. The molecule has 1 N–H and O–H groups in total. The third-order valence-corrected chi connectivity index (χ3v) is 4.80. The van der Waals surface area contributed by atoms with Crippen LogP contribution in [0.2, 0.25) is 0 Å². The molecule has 0 aliphatic carbocycles. The van der Waals surface area contributed by atoms with Crippen molar-refractivity contribution in [2.45, 2.75) is 11.5 Å². The van der Waals surface area contributed by atoms with E-state index in [1.165, 1.54) is 17.8 Å². The number of carbonyl (C=O) groups excluding carboxylic acids is 1. The van der Waals surface area contributed by atoms with E-state index in [1.54, 1.807) is 36.2 Å². The highest BCUT2D eigenvalue weighted by molar-refractivity contribution is 7.99. The Kier molecular flexibility index (Phi) is 7.39. The first kappa shape index (κ1) is 17.0. The summed E-state index contributed by atoms with van der Waals surface area (Å²) in [6.45, 7) is 0.629. The molecule has 0 saturated carbocycles. The van der Waals surface area contributed by atoms with E-state index in [0.29, 0.717) is 23.6 Å². The first-order valence-electron chi connectivity index (χ1n) is 6.93. The lowest BCUT2D eigenvalue weighted by Gasteiger charge is -2.05. The number of thioether (sulfide) groups is 2. The lowest BCUT2D eigenvalue weighted by Crippen LogP contribution is -2.27. The lowest BCUT2D eigenvalue weighted by molar-refractivity contribution is -0.118. The summed E-state index contributed by atoms with van der Waals surface area (Å²) in [7, 11) is 0. The van der Waals surface area contributed by atoms with E-state index in [0.717, 1.165) is 17.3 Å². The summed E-state index contributed by atoms with van der Waals surface area (Å²) in [5.74, 6) is 3.21. The Balaban J connectivity index is 1.52. The molecule has 118 valence electrons. The summed E-state index contributed by atoms with van der Waals surface area (Å²) in [5, 5.41) is 2.86. The lowest BCUT2D eigenvalue weighted by atomic mass is 10.2. The fraction of sp³-hybridized carbons (Fsp3) is 0.312. The Labute approximate surface area is 138 Å². The fourth-order valence-corrected chi connectivity index (χ4v) is 3.35. The minimum Gasteiger partial charge on any atom is -0.468 e. The molecule has 0 saturated heterocycles. The number of hydrogen-bond donors (Lipinski definition) is 1. The topological polar surface area (TPSA) is 42.2 Å². The molecule has 22 heavy (non-hydrogen) atoms. The SMILES string of the molecule is O=C(CSCc1ccccc1F)NCCSCc1ccco1. The van der Waals surface area contributed by atoms with E-state index in [4.69, 9.17) is 4.42 Å². The van der Waals surface area contributed by atoms with Gasteiger partial charge in [-0.2, -0.15) is 11.8 Å². The molecular weight excluding hydrogens is 321 g/mol. The molecule has 0 spiro atoms. The second-order valence-electron chi connectivity index (χ2n) is 4.57. The van der Waals surface area contributed by atoms with Crippen molar-refractivity contribution in [3.8, 4) is 0 Å². The zero-order chi connectivity index (χ0) is 15.6. The van der Waals surface area contributed by atoms with Crippen LogP contribution in [-0.2, 0) is 16.3 Å². The Bertz CT molecular complexity index is 575. The van der Waals surface area contributed by atoms with Gasteiger partial charge in [0, 0.05) is 18.1 Å². The summed E-state index contributed by atoms with van der Waals surface area (Å²) < 4.78 is 18.6. The van der Waals surface area contributed by atoms with Crippen molar-refractivity contribution in [2.24, 2.45) is 0 Å². The van der Waals surface area contributed by atoms with Crippen molar-refractivity contribution in [2.75, 3.05) is 18.1 Å². The van der Waals surface area contributed by atoms with Crippen LogP contribution in [0.1, 0.15) is 11.3 Å². The highest BCUT2D eigenvalue weighted by Crippen LogP contribution is 2.15. The molecule has 0 aliphatic rings. The van der Waals surface area contributed by atoms with Crippen LogP contribution < -0.4 is 5.32 Å². The molecule has 1 aromatic carbocycles. The summed E-state index contributed by atoms with van der Waals surface area (Å²) in [6.07, 6.45) is 1.66. The van der Waals surface area contributed by atoms with E-state index < -0.39 is 0 Å². The standard InChI is InChI=1S/C16H18FNO2S2/c17-15-6-2-1-4-13(15)10-22-12-16(19)18-7-9-21-11-14-5-3-8-20-14/h1-6,8H,7,9-12H2,(H,18,19). The normalized spacial score (nSPS) is 10.6. The van der Waals surface area contributed by atoms with Gasteiger partial charge in [0.1, 0.15) is 11.6 Å². The molecule has 1 aromatic heterocycles. The highest BCUT2D eigenvalue weighted by Gasteiger charge is 2.04. The summed E-state index contributed by atoms with van der Waals surface area (Å²) in [5.41, 5.74) is 0.634. The molecule has 0 unspecified atom stereocenters. The molecule has 0 atom stereocenters. The number of benzene rings is 1. The Morgan fingerprint density at radius 3 is 2.77 bits per heavy atom. The molecular formula is C16H18FNO2S2. The zero-order valence-corrected chi connectivity index (χ0v) is 13.7. The molecule has 0 aliphatic heterocycles. The van der Waals surface area contributed by atoms with Crippen molar-refractivity contribution >= 4 is 29.4 Å². The maximum atomic E-state index is 13.4. The summed E-state index contributed by atoms with van der Waals surface area (Å²) >= 11 is 3.13. The highest BCUT2D eigenvalue weighted by atomic mass is 32.2. The Morgan fingerprint density at radius 1 is 1.14 bits per heavy atom. The van der Waals surface area contributed by atoms with Crippen molar-refractivity contribution in [1.82, 2.24) is 5.32 Å². The van der Waals surface area contributed by atoms with Gasteiger partial charge in [-0.15, -0.1) is 11.8 Å². The Hall–Kier alpha value is -1.40. The van der Waals surface area contributed by atoms with Crippen molar-refractivity contribution in [1.29, 1.82) is 0 Å². The van der Waals surface area contributed by atoms with Gasteiger partial charge in [-0.25, -0.2) is 4.39 Å². The third-order valence-electron chi connectivity index (χ3n) is 2.84. The smallest absolute Gasteiger partial charge is 0.230 e. The van der Waals surface area contributed by atoms with Gasteiger partial charge in [-0.1, -0.05) is 18.2 Å². The number of rotatable bonds is 9. The van der Waals surface area contributed by atoms with E-state index >= 15 is 0 Å². The van der Waals surface area contributed by atoms with Gasteiger partial charge in [-0.3, -0.25) is 4.79 Å². The summed E-state index contributed by atoms with van der Waals surface area (Å²) in [6, 6.07) is 10.4. The average Bonchev–Trinajstić information content (AvgIpc) is 3.02. The van der Waals surface area contributed by atoms with Gasteiger partial charge in [0.15, 0.2) is 0 Å². The largest absolute Gasteiger partial charge is 0.468 e. The first-order chi connectivity index (χ1) is 10.8. The molecule has 6 heteroatoms. The molecule has 0 fully saturated rings. The quantitative estimate of drug-likeness (QED) is 0.707. The minimum atomic E-state index is -0.218. The number of amides is 1. The van der Waals surface area contributed by atoms with E-state index in [1.807, 2.05) is 12.1 Å². The number of halogens is 1. The van der Waals surface area contributed by atoms with Gasteiger partial charge in [-0.05, 0) is 23.8 Å². The van der Waals surface area contributed by atoms with Gasteiger partial charge >= 0.3 is 0 Å². The number of furan rings is 1. The van der Waals surface area contributed by atoms with Crippen molar-refractivity contribution in [3.05, 3.63) is 59.8 Å². The molecule has 2 rings (SSSR count). The van der Waals surface area contributed by atoms with E-state index in [9.17, 15) is 9.18 Å². The van der Waals surface area contributed by atoms with E-state index in [-0.39, 0.29) is 11.7 Å². The maximum Gasteiger partial charge on any atom is 0.230 e. The van der Waals surface area contributed by atoms with Crippen LogP contribution >= 0.6 is 23.5 Å². The average molecular weight is 339 g/mol. The van der Waals surface area contributed by atoms with Crippen molar-refractivity contribution in [3.63, 3.8) is 0 Å². The molecule has 0 radical (unpaired) electrons. The molecule has 0 bridgehead atoms. The first-order valence-corrected chi connectivity index (χ1v) is 9.24. The van der Waals surface area contributed by atoms with Crippen LogP contribution in [0, 0.1) is 5.82 Å². The molecule has 1 amide bonds. The second kappa shape index (κ2) is 9.58. The van der Waals surface area contributed by atoms with Crippen LogP contribution in [-0.4, -0.2) is 24.0 Å². The number of carbonyl (C=O) groups is 1. The van der Waals surface area contributed by atoms with Crippen LogP contribution in [0.25, 0.3) is 0 Å². The van der Waals surface area contributed by atoms with Crippen LogP contribution in [0.5, 0.6) is 0 Å². The zero-order valence-electron chi connectivity index (χ0n) is 12.1. The number of hydrogen-bond acceptors (Lipinski definition) is 4. The van der Waals surface area contributed by atoms with Crippen LogP contribution in [0.3, 0.4) is 0 Å². The van der Waals surface area contributed by atoms with E-state index in [2.05, 4.69) is 5.32 Å². The van der Waals surface area contributed by atoms with Crippen molar-refractivity contribution < 1.29 is 13.6 Å². The number of nitrogens with one attached hydrogen (secondary N) is 1. The minimum absolute atomic E-state index is 0.0139. The molecule has 2 aromatic rings. The van der Waals surface area contributed by atoms with Gasteiger partial charge < -0.3 is 9.73 Å². The maximum absolute atomic E-state index is 13.4. The second-order valence-corrected chi connectivity index (χ2v) is 6.66. The van der Waals surface area contributed by atoms with Crippen LogP contribution in [0.15, 0.2) is 47.1 Å².